The summed E-state index contributed by atoms with van der Waals surface area (Å²) in [6.07, 6.45) is 0. The molecule has 0 saturated heterocycles. The third-order valence-corrected chi connectivity index (χ3v) is 3.91. The first kappa shape index (κ1) is 14.2. The summed E-state index contributed by atoms with van der Waals surface area (Å²) in [6, 6.07) is 12.5. The van der Waals surface area contributed by atoms with Gasteiger partial charge in [-0.05, 0) is 65.1 Å². The summed E-state index contributed by atoms with van der Waals surface area (Å²) in [5.41, 5.74) is 0.670. The van der Waals surface area contributed by atoms with Crippen molar-refractivity contribution in [2.24, 2.45) is 0 Å². The highest BCUT2D eigenvalue weighted by molar-refractivity contribution is 14.1. The summed E-state index contributed by atoms with van der Waals surface area (Å²) in [4.78, 5) is 14.2. The first-order valence-corrected chi connectivity index (χ1v) is 7.48. The van der Waals surface area contributed by atoms with E-state index in [0.717, 1.165) is 3.57 Å². The quantitative estimate of drug-likeness (QED) is 0.599. The Labute approximate surface area is 138 Å². The fourth-order valence-corrected chi connectivity index (χ4v) is 2.55. The molecule has 0 aliphatic rings. The molecule has 1 aromatic heterocycles. The second-order valence-corrected chi connectivity index (χ2v) is 6.06. The number of carboxylic acid groups (broad SMARTS) is 1. The molecule has 21 heavy (non-hydrogen) atoms. The molecular formula is C15H9ClINO3. The van der Waals surface area contributed by atoms with Crippen LogP contribution in [0.15, 0.2) is 42.5 Å². The molecule has 6 heteroatoms. The van der Waals surface area contributed by atoms with Crippen LogP contribution in [0, 0.1) is 3.57 Å². The Morgan fingerprint density at radius 1 is 1.19 bits per heavy atom. The number of aromatic nitrogens is 1. The van der Waals surface area contributed by atoms with Crippen LogP contribution in [0.3, 0.4) is 0 Å². The second kappa shape index (κ2) is 5.57. The molecule has 106 valence electrons. The van der Waals surface area contributed by atoms with Gasteiger partial charge in [-0.2, -0.15) is 0 Å². The zero-order valence-corrected chi connectivity index (χ0v) is 13.5. The van der Waals surface area contributed by atoms with Crippen molar-refractivity contribution < 1.29 is 14.6 Å². The minimum atomic E-state index is -1.08. The van der Waals surface area contributed by atoms with Crippen molar-refractivity contribution in [1.82, 2.24) is 4.98 Å². The number of carbonyl (C=O) groups is 1. The summed E-state index contributed by atoms with van der Waals surface area (Å²) < 4.78 is 6.83. The molecule has 0 aliphatic carbocycles. The Balaban J connectivity index is 2.14. The minimum Gasteiger partial charge on any atom is -0.476 e. The van der Waals surface area contributed by atoms with Crippen LogP contribution in [0.5, 0.6) is 11.5 Å². The van der Waals surface area contributed by atoms with Crippen molar-refractivity contribution in [2.45, 2.75) is 0 Å². The lowest BCUT2D eigenvalue weighted by atomic mass is 10.2. The molecule has 3 rings (SSSR count). The maximum Gasteiger partial charge on any atom is 0.356 e. The van der Waals surface area contributed by atoms with Crippen molar-refractivity contribution in [3.8, 4) is 11.5 Å². The SMILES string of the molecule is O=C(O)c1[nH]c2ccc(Cl)cc2c1Oc1ccc(I)cc1. The molecule has 0 spiro atoms. The lowest BCUT2D eigenvalue weighted by Crippen LogP contribution is -1.99. The van der Waals surface area contributed by atoms with Crippen LogP contribution in [0.2, 0.25) is 5.02 Å². The molecular weight excluding hydrogens is 405 g/mol. The van der Waals surface area contributed by atoms with Gasteiger partial charge in [-0.3, -0.25) is 0 Å². The molecule has 2 aromatic carbocycles. The molecule has 0 radical (unpaired) electrons. The van der Waals surface area contributed by atoms with E-state index in [0.29, 0.717) is 21.7 Å². The molecule has 4 nitrogen and oxygen atoms in total. The van der Waals surface area contributed by atoms with Crippen LogP contribution in [-0.4, -0.2) is 16.1 Å². The molecule has 2 N–H and O–H groups in total. The van der Waals surface area contributed by atoms with E-state index >= 15 is 0 Å². The van der Waals surface area contributed by atoms with Crippen molar-refractivity contribution in [3.05, 3.63) is 56.8 Å². The van der Waals surface area contributed by atoms with E-state index in [1.54, 1.807) is 30.3 Å². The molecule has 0 aliphatic heterocycles. The first-order valence-electron chi connectivity index (χ1n) is 6.02. The van der Waals surface area contributed by atoms with Crippen molar-refractivity contribution in [1.29, 1.82) is 0 Å². The molecule has 1 heterocycles. The number of halogens is 2. The number of aromatic carboxylic acids is 1. The van der Waals surface area contributed by atoms with Gasteiger partial charge in [-0.25, -0.2) is 4.79 Å². The standard InChI is InChI=1S/C15H9ClINO3/c16-8-1-6-12-11(7-8)14(13(18-12)15(19)20)21-10-4-2-9(17)3-5-10/h1-7,18H,(H,19,20). The fourth-order valence-electron chi connectivity index (χ4n) is 2.02. The van der Waals surface area contributed by atoms with Crippen molar-refractivity contribution >= 4 is 51.1 Å². The highest BCUT2D eigenvalue weighted by Crippen LogP contribution is 2.35. The number of nitrogens with one attached hydrogen (secondary N) is 1. The van der Waals surface area contributed by atoms with E-state index in [2.05, 4.69) is 27.6 Å². The van der Waals surface area contributed by atoms with E-state index in [9.17, 15) is 9.90 Å². The van der Waals surface area contributed by atoms with Gasteiger partial charge >= 0.3 is 5.97 Å². The van der Waals surface area contributed by atoms with E-state index in [1.807, 2.05) is 12.1 Å². The normalized spacial score (nSPS) is 10.8. The predicted molar refractivity (Wildman–Crippen MR) is 89.5 cm³/mol. The van der Waals surface area contributed by atoms with E-state index in [4.69, 9.17) is 16.3 Å². The topological polar surface area (TPSA) is 62.3 Å². The second-order valence-electron chi connectivity index (χ2n) is 4.38. The lowest BCUT2D eigenvalue weighted by molar-refractivity contribution is 0.0689. The molecule has 0 atom stereocenters. The van der Waals surface area contributed by atoms with Crippen molar-refractivity contribution in [2.75, 3.05) is 0 Å². The maximum atomic E-state index is 11.4. The Hall–Kier alpha value is -1.73. The number of ether oxygens (including phenoxy) is 1. The average molecular weight is 414 g/mol. The van der Waals surface area contributed by atoms with Crippen LogP contribution < -0.4 is 4.74 Å². The zero-order valence-electron chi connectivity index (χ0n) is 10.6. The highest BCUT2D eigenvalue weighted by Gasteiger charge is 2.19. The fraction of sp³-hybridized carbons (Fsp3) is 0. The van der Waals surface area contributed by atoms with E-state index < -0.39 is 5.97 Å². The number of hydrogen-bond donors (Lipinski definition) is 2. The number of aromatic amines is 1. The molecule has 0 bridgehead atoms. The third kappa shape index (κ3) is 2.84. The highest BCUT2D eigenvalue weighted by atomic mass is 127. The number of H-pyrrole nitrogens is 1. The summed E-state index contributed by atoms with van der Waals surface area (Å²) in [7, 11) is 0. The van der Waals surface area contributed by atoms with E-state index in [-0.39, 0.29) is 11.4 Å². The smallest absolute Gasteiger partial charge is 0.356 e. The largest absolute Gasteiger partial charge is 0.476 e. The van der Waals surface area contributed by atoms with Gasteiger partial charge < -0.3 is 14.8 Å². The summed E-state index contributed by atoms with van der Waals surface area (Å²) in [6.45, 7) is 0. The van der Waals surface area contributed by atoms with Gasteiger partial charge in [0.25, 0.3) is 0 Å². The Morgan fingerprint density at radius 2 is 1.90 bits per heavy atom. The molecule has 3 aromatic rings. The number of fused-ring (bicyclic) bond motifs is 1. The van der Waals surface area contributed by atoms with Crippen LogP contribution in [0.1, 0.15) is 10.5 Å². The predicted octanol–water partition coefficient (Wildman–Crippen LogP) is 4.92. The Bertz CT molecular complexity index is 827. The van der Waals surface area contributed by atoms with Crippen LogP contribution in [-0.2, 0) is 0 Å². The number of carboxylic acids is 1. The Kier molecular flexibility index (Phi) is 3.77. The van der Waals surface area contributed by atoms with Crippen LogP contribution in [0.25, 0.3) is 10.9 Å². The Morgan fingerprint density at radius 3 is 2.57 bits per heavy atom. The summed E-state index contributed by atoms with van der Waals surface area (Å²) in [5, 5.41) is 10.5. The number of hydrogen-bond acceptors (Lipinski definition) is 2. The van der Waals surface area contributed by atoms with Gasteiger partial charge in [0.2, 0.25) is 0 Å². The maximum absolute atomic E-state index is 11.4. The van der Waals surface area contributed by atoms with Crippen LogP contribution in [0.4, 0.5) is 0 Å². The van der Waals surface area contributed by atoms with Gasteiger partial charge in [-0.15, -0.1) is 0 Å². The lowest BCUT2D eigenvalue weighted by Gasteiger charge is -2.06. The number of rotatable bonds is 3. The molecule has 0 amide bonds. The van der Waals surface area contributed by atoms with Crippen LogP contribution >= 0.6 is 34.2 Å². The average Bonchev–Trinajstić information content (AvgIpc) is 2.80. The summed E-state index contributed by atoms with van der Waals surface area (Å²) >= 11 is 8.17. The number of benzene rings is 2. The zero-order chi connectivity index (χ0) is 15.0. The van der Waals surface area contributed by atoms with E-state index in [1.165, 1.54) is 0 Å². The molecule has 0 saturated carbocycles. The monoisotopic (exact) mass is 413 g/mol. The van der Waals surface area contributed by atoms with Gasteiger partial charge in [0.05, 0.1) is 5.52 Å². The van der Waals surface area contributed by atoms with Gasteiger partial charge in [0, 0.05) is 14.0 Å². The van der Waals surface area contributed by atoms with Gasteiger partial charge in [0.15, 0.2) is 11.4 Å². The third-order valence-electron chi connectivity index (χ3n) is 2.96. The van der Waals surface area contributed by atoms with Gasteiger partial charge in [0.1, 0.15) is 5.75 Å². The molecule has 0 unspecified atom stereocenters. The van der Waals surface area contributed by atoms with Gasteiger partial charge in [-0.1, -0.05) is 11.6 Å². The molecule has 0 fully saturated rings. The first-order chi connectivity index (χ1) is 10.0. The minimum absolute atomic E-state index is 0.00539. The summed E-state index contributed by atoms with van der Waals surface area (Å²) in [5.74, 6) is -0.247. The van der Waals surface area contributed by atoms with Crippen molar-refractivity contribution in [3.63, 3.8) is 0 Å².